The SMILES string of the molecule is OB(O)c1ccnc(OCc2ccccc2)c1. The van der Waals surface area contributed by atoms with Gasteiger partial charge < -0.3 is 14.8 Å². The Morgan fingerprint density at radius 2 is 1.88 bits per heavy atom. The van der Waals surface area contributed by atoms with E-state index in [0.717, 1.165) is 5.56 Å². The Balaban J connectivity index is 2.02. The summed E-state index contributed by atoms with van der Waals surface area (Å²) in [5, 5.41) is 18.0. The van der Waals surface area contributed by atoms with Gasteiger partial charge in [0.2, 0.25) is 5.88 Å². The van der Waals surface area contributed by atoms with Crippen molar-refractivity contribution in [2.45, 2.75) is 6.61 Å². The Hall–Kier alpha value is -1.85. The lowest BCUT2D eigenvalue weighted by molar-refractivity contribution is 0.294. The van der Waals surface area contributed by atoms with Crippen molar-refractivity contribution in [1.29, 1.82) is 0 Å². The van der Waals surface area contributed by atoms with Crippen molar-refractivity contribution in [2.75, 3.05) is 0 Å². The summed E-state index contributed by atoms with van der Waals surface area (Å²) >= 11 is 0. The first-order valence-corrected chi connectivity index (χ1v) is 5.24. The van der Waals surface area contributed by atoms with E-state index in [1.54, 1.807) is 0 Å². The predicted octanol–water partition coefficient (Wildman–Crippen LogP) is 0.340. The van der Waals surface area contributed by atoms with Crippen LogP contribution in [0.1, 0.15) is 5.56 Å². The number of hydrogen-bond donors (Lipinski definition) is 2. The zero-order chi connectivity index (χ0) is 12.1. The minimum Gasteiger partial charge on any atom is -0.473 e. The number of benzene rings is 1. The molecule has 5 heteroatoms. The van der Waals surface area contributed by atoms with Crippen LogP contribution in [0.3, 0.4) is 0 Å². The van der Waals surface area contributed by atoms with E-state index in [9.17, 15) is 0 Å². The number of aromatic nitrogens is 1. The molecule has 0 spiro atoms. The van der Waals surface area contributed by atoms with E-state index >= 15 is 0 Å². The first-order valence-electron chi connectivity index (χ1n) is 5.24. The minimum atomic E-state index is -1.50. The molecule has 0 unspecified atom stereocenters. The van der Waals surface area contributed by atoms with E-state index in [0.29, 0.717) is 17.9 Å². The fourth-order valence-electron chi connectivity index (χ4n) is 1.40. The zero-order valence-electron chi connectivity index (χ0n) is 9.15. The molecule has 4 nitrogen and oxygen atoms in total. The van der Waals surface area contributed by atoms with E-state index in [1.165, 1.54) is 18.3 Å². The number of rotatable bonds is 4. The van der Waals surface area contributed by atoms with Crippen molar-refractivity contribution < 1.29 is 14.8 Å². The van der Waals surface area contributed by atoms with Gasteiger partial charge in [-0.05, 0) is 17.1 Å². The lowest BCUT2D eigenvalue weighted by Crippen LogP contribution is -2.29. The third kappa shape index (κ3) is 3.30. The number of pyridine rings is 1. The molecule has 0 atom stereocenters. The van der Waals surface area contributed by atoms with Gasteiger partial charge in [-0.25, -0.2) is 4.98 Å². The summed E-state index contributed by atoms with van der Waals surface area (Å²) in [6, 6.07) is 12.7. The largest absolute Gasteiger partial charge is 0.488 e. The van der Waals surface area contributed by atoms with Crippen LogP contribution in [-0.4, -0.2) is 22.2 Å². The molecule has 0 aliphatic heterocycles. The van der Waals surface area contributed by atoms with Crippen LogP contribution in [-0.2, 0) is 6.61 Å². The van der Waals surface area contributed by atoms with Crippen LogP contribution in [0, 0.1) is 0 Å². The van der Waals surface area contributed by atoms with Crippen molar-refractivity contribution in [3.63, 3.8) is 0 Å². The zero-order valence-corrected chi connectivity index (χ0v) is 9.15. The molecule has 2 N–H and O–H groups in total. The molecule has 2 rings (SSSR count). The highest BCUT2D eigenvalue weighted by molar-refractivity contribution is 6.58. The molecule has 1 aromatic heterocycles. The van der Waals surface area contributed by atoms with Gasteiger partial charge in [0.05, 0.1) is 0 Å². The maximum absolute atomic E-state index is 9.01. The summed E-state index contributed by atoms with van der Waals surface area (Å²) < 4.78 is 5.45. The normalized spacial score (nSPS) is 10.0. The number of ether oxygens (including phenoxy) is 1. The van der Waals surface area contributed by atoms with E-state index < -0.39 is 7.12 Å². The Morgan fingerprint density at radius 3 is 2.59 bits per heavy atom. The fraction of sp³-hybridized carbons (Fsp3) is 0.0833. The molecule has 1 heterocycles. The molecular formula is C12H12BNO3. The van der Waals surface area contributed by atoms with Gasteiger partial charge in [0.1, 0.15) is 6.61 Å². The summed E-state index contributed by atoms with van der Waals surface area (Å²) in [4.78, 5) is 3.99. The Morgan fingerprint density at radius 1 is 1.12 bits per heavy atom. The molecule has 0 amide bonds. The van der Waals surface area contributed by atoms with Crippen molar-refractivity contribution in [2.24, 2.45) is 0 Å². The highest BCUT2D eigenvalue weighted by Crippen LogP contribution is 2.07. The average molecular weight is 229 g/mol. The highest BCUT2D eigenvalue weighted by Gasteiger charge is 2.11. The minimum absolute atomic E-state index is 0.364. The first kappa shape index (κ1) is 11.6. The second kappa shape index (κ2) is 5.47. The number of hydrogen-bond acceptors (Lipinski definition) is 4. The molecule has 0 fully saturated rings. The summed E-state index contributed by atoms with van der Waals surface area (Å²) in [5.74, 6) is 0.374. The second-order valence-corrected chi connectivity index (χ2v) is 3.58. The number of nitrogens with zero attached hydrogens (tertiary/aromatic N) is 1. The van der Waals surface area contributed by atoms with Gasteiger partial charge in [0, 0.05) is 12.3 Å². The van der Waals surface area contributed by atoms with Gasteiger partial charge in [-0.1, -0.05) is 30.3 Å². The van der Waals surface area contributed by atoms with E-state index in [-0.39, 0.29) is 0 Å². The molecule has 0 saturated heterocycles. The van der Waals surface area contributed by atoms with Crippen LogP contribution >= 0.6 is 0 Å². The van der Waals surface area contributed by atoms with E-state index in [4.69, 9.17) is 14.8 Å². The molecule has 17 heavy (non-hydrogen) atoms. The molecule has 0 radical (unpaired) electrons. The van der Waals surface area contributed by atoms with E-state index in [1.807, 2.05) is 30.3 Å². The third-order valence-corrected chi connectivity index (χ3v) is 2.29. The standard InChI is InChI=1S/C12H12BNO3/c15-13(16)11-6-7-14-12(8-11)17-9-10-4-2-1-3-5-10/h1-8,15-16H,9H2. The molecule has 2 aromatic rings. The van der Waals surface area contributed by atoms with E-state index in [2.05, 4.69) is 4.98 Å². The molecule has 86 valence electrons. The van der Waals surface area contributed by atoms with Crippen LogP contribution in [0.2, 0.25) is 0 Å². The Bertz CT molecular complexity index is 476. The smallest absolute Gasteiger partial charge is 0.473 e. The third-order valence-electron chi connectivity index (χ3n) is 2.29. The van der Waals surface area contributed by atoms with Crippen molar-refractivity contribution >= 4 is 12.6 Å². The quantitative estimate of drug-likeness (QED) is 0.742. The average Bonchev–Trinajstić information content (AvgIpc) is 2.38. The molecule has 0 saturated carbocycles. The van der Waals surface area contributed by atoms with Crippen LogP contribution in [0.5, 0.6) is 5.88 Å². The van der Waals surface area contributed by atoms with Crippen molar-refractivity contribution in [1.82, 2.24) is 4.98 Å². The van der Waals surface area contributed by atoms with Crippen LogP contribution in [0.4, 0.5) is 0 Å². The Kier molecular flexibility index (Phi) is 3.75. The predicted molar refractivity (Wildman–Crippen MR) is 64.8 cm³/mol. The van der Waals surface area contributed by atoms with Gasteiger partial charge >= 0.3 is 7.12 Å². The van der Waals surface area contributed by atoms with Gasteiger partial charge in [0.15, 0.2) is 0 Å². The van der Waals surface area contributed by atoms with Crippen LogP contribution < -0.4 is 10.2 Å². The maximum Gasteiger partial charge on any atom is 0.488 e. The highest BCUT2D eigenvalue weighted by atomic mass is 16.5. The first-order chi connectivity index (χ1) is 8.25. The molecule has 0 aliphatic carbocycles. The van der Waals surface area contributed by atoms with Gasteiger partial charge in [-0.2, -0.15) is 0 Å². The van der Waals surface area contributed by atoms with Gasteiger partial charge in [0.25, 0.3) is 0 Å². The lowest BCUT2D eigenvalue weighted by Gasteiger charge is -2.06. The molecule has 0 bridgehead atoms. The van der Waals surface area contributed by atoms with Gasteiger partial charge in [-0.3, -0.25) is 0 Å². The van der Waals surface area contributed by atoms with Gasteiger partial charge in [-0.15, -0.1) is 0 Å². The summed E-state index contributed by atoms with van der Waals surface area (Å²) in [6.07, 6.45) is 1.48. The molecule has 1 aromatic carbocycles. The molecule has 0 aliphatic rings. The van der Waals surface area contributed by atoms with Crippen LogP contribution in [0.25, 0.3) is 0 Å². The maximum atomic E-state index is 9.01. The topological polar surface area (TPSA) is 62.6 Å². The second-order valence-electron chi connectivity index (χ2n) is 3.58. The summed E-state index contributed by atoms with van der Waals surface area (Å²) in [7, 11) is -1.50. The summed E-state index contributed by atoms with van der Waals surface area (Å²) in [6.45, 7) is 0.402. The van der Waals surface area contributed by atoms with Crippen molar-refractivity contribution in [3.05, 3.63) is 54.2 Å². The monoisotopic (exact) mass is 229 g/mol. The fourth-order valence-corrected chi connectivity index (χ4v) is 1.40. The Labute approximate surface area is 99.7 Å². The van der Waals surface area contributed by atoms with Crippen molar-refractivity contribution in [3.8, 4) is 5.88 Å². The molecular weight excluding hydrogens is 217 g/mol. The summed E-state index contributed by atoms with van der Waals surface area (Å²) in [5.41, 5.74) is 1.40. The lowest BCUT2D eigenvalue weighted by atomic mass is 9.81. The van der Waals surface area contributed by atoms with Crippen LogP contribution in [0.15, 0.2) is 48.7 Å².